The zero-order chi connectivity index (χ0) is 14.5. The SMILES string of the molecule is Cc1ccccc1C(C)NCC(O)c1ccccc1Cl. The fourth-order valence-corrected chi connectivity index (χ4v) is 2.59. The van der Waals surface area contributed by atoms with Crippen LogP contribution in [0.1, 0.15) is 35.8 Å². The second-order valence-electron chi connectivity index (χ2n) is 5.02. The number of aryl methyl sites for hydroxylation is 1. The maximum Gasteiger partial charge on any atom is 0.0928 e. The minimum absolute atomic E-state index is 0.188. The Morgan fingerprint density at radius 2 is 1.65 bits per heavy atom. The number of hydrogen-bond acceptors (Lipinski definition) is 2. The fourth-order valence-electron chi connectivity index (χ4n) is 2.33. The molecule has 3 heteroatoms. The highest BCUT2D eigenvalue weighted by Gasteiger charge is 2.13. The van der Waals surface area contributed by atoms with Gasteiger partial charge in [-0.15, -0.1) is 0 Å². The Hall–Kier alpha value is -1.35. The molecule has 0 spiro atoms. The summed E-state index contributed by atoms with van der Waals surface area (Å²) in [7, 11) is 0. The van der Waals surface area contributed by atoms with Crippen molar-refractivity contribution in [3.8, 4) is 0 Å². The summed E-state index contributed by atoms with van der Waals surface area (Å²) in [6.07, 6.45) is -0.602. The quantitative estimate of drug-likeness (QED) is 0.871. The lowest BCUT2D eigenvalue weighted by Gasteiger charge is -2.19. The van der Waals surface area contributed by atoms with Crippen LogP contribution >= 0.6 is 11.6 Å². The van der Waals surface area contributed by atoms with Gasteiger partial charge < -0.3 is 10.4 Å². The Labute approximate surface area is 125 Å². The predicted octanol–water partition coefficient (Wildman–Crippen LogP) is 4.03. The molecule has 2 aromatic rings. The van der Waals surface area contributed by atoms with E-state index in [4.69, 9.17) is 11.6 Å². The number of nitrogens with one attached hydrogen (secondary N) is 1. The van der Waals surface area contributed by atoms with E-state index < -0.39 is 6.10 Å². The van der Waals surface area contributed by atoms with E-state index in [9.17, 15) is 5.11 Å². The molecule has 2 N–H and O–H groups in total. The average Bonchev–Trinajstić information content (AvgIpc) is 2.45. The molecule has 0 saturated heterocycles. The lowest BCUT2D eigenvalue weighted by atomic mass is 10.0. The van der Waals surface area contributed by atoms with Gasteiger partial charge >= 0.3 is 0 Å². The third kappa shape index (κ3) is 3.60. The van der Waals surface area contributed by atoms with E-state index >= 15 is 0 Å². The average molecular weight is 290 g/mol. The van der Waals surface area contributed by atoms with Crippen molar-refractivity contribution in [1.29, 1.82) is 0 Å². The van der Waals surface area contributed by atoms with Crippen molar-refractivity contribution >= 4 is 11.6 Å². The molecule has 0 radical (unpaired) electrons. The van der Waals surface area contributed by atoms with Gasteiger partial charge in [0.1, 0.15) is 0 Å². The molecular weight excluding hydrogens is 270 g/mol. The minimum atomic E-state index is -0.602. The van der Waals surface area contributed by atoms with Crippen LogP contribution in [-0.2, 0) is 0 Å². The lowest BCUT2D eigenvalue weighted by Crippen LogP contribution is -2.25. The van der Waals surface area contributed by atoms with Crippen molar-refractivity contribution in [3.63, 3.8) is 0 Å². The summed E-state index contributed by atoms with van der Waals surface area (Å²) in [5, 5.41) is 14.2. The molecule has 0 fully saturated rings. The van der Waals surface area contributed by atoms with E-state index in [1.165, 1.54) is 11.1 Å². The van der Waals surface area contributed by atoms with E-state index in [1.807, 2.05) is 30.3 Å². The Kier molecular flexibility index (Phi) is 5.18. The Balaban J connectivity index is 1.99. The van der Waals surface area contributed by atoms with Crippen molar-refractivity contribution < 1.29 is 5.11 Å². The summed E-state index contributed by atoms with van der Waals surface area (Å²) in [5.41, 5.74) is 3.26. The maximum atomic E-state index is 10.2. The summed E-state index contributed by atoms with van der Waals surface area (Å²) in [6.45, 7) is 4.67. The number of halogens is 1. The second-order valence-corrected chi connectivity index (χ2v) is 5.43. The van der Waals surface area contributed by atoms with Gasteiger partial charge in [0.2, 0.25) is 0 Å². The molecule has 2 aromatic carbocycles. The molecule has 0 heterocycles. The summed E-state index contributed by atoms with van der Waals surface area (Å²) < 4.78 is 0. The first-order valence-electron chi connectivity index (χ1n) is 6.81. The summed E-state index contributed by atoms with van der Waals surface area (Å²) in [4.78, 5) is 0. The van der Waals surface area contributed by atoms with E-state index in [1.54, 1.807) is 6.07 Å². The first-order valence-corrected chi connectivity index (χ1v) is 7.19. The van der Waals surface area contributed by atoms with Crippen molar-refractivity contribution in [3.05, 3.63) is 70.2 Å². The van der Waals surface area contributed by atoms with E-state index in [0.29, 0.717) is 11.6 Å². The van der Waals surface area contributed by atoms with Crippen LogP contribution in [0.25, 0.3) is 0 Å². The number of rotatable bonds is 5. The molecule has 0 saturated carbocycles. The van der Waals surface area contributed by atoms with Crippen LogP contribution < -0.4 is 5.32 Å². The zero-order valence-electron chi connectivity index (χ0n) is 11.8. The number of benzene rings is 2. The number of hydrogen-bond donors (Lipinski definition) is 2. The van der Waals surface area contributed by atoms with Crippen molar-refractivity contribution in [2.24, 2.45) is 0 Å². The van der Waals surface area contributed by atoms with E-state index in [-0.39, 0.29) is 6.04 Å². The summed E-state index contributed by atoms with van der Waals surface area (Å²) >= 11 is 6.09. The van der Waals surface area contributed by atoms with Gasteiger partial charge in [0.15, 0.2) is 0 Å². The van der Waals surface area contributed by atoms with Crippen LogP contribution in [0.5, 0.6) is 0 Å². The van der Waals surface area contributed by atoms with Crippen molar-refractivity contribution in [2.75, 3.05) is 6.54 Å². The van der Waals surface area contributed by atoms with Gasteiger partial charge in [0.05, 0.1) is 6.10 Å². The molecule has 0 aliphatic rings. The molecule has 106 valence electrons. The molecule has 0 amide bonds. The lowest BCUT2D eigenvalue weighted by molar-refractivity contribution is 0.171. The Bertz CT molecular complexity index is 519. The van der Waals surface area contributed by atoms with Crippen molar-refractivity contribution in [1.82, 2.24) is 5.32 Å². The Morgan fingerprint density at radius 1 is 1.05 bits per heavy atom. The van der Waals surface area contributed by atoms with Gasteiger partial charge in [-0.1, -0.05) is 54.1 Å². The fraction of sp³-hybridized carbons (Fsp3) is 0.294. The van der Waals surface area contributed by atoms with Crippen molar-refractivity contribution in [2.45, 2.75) is 26.0 Å². The molecule has 0 bridgehead atoms. The van der Waals surface area contributed by atoms with E-state index in [0.717, 1.165) is 5.56 Å². The van der Waals surface area contributed by atoms with Crippen LogP contribution in [0.2, 0.25) is 5.02 Å². The third-order valence-electron chi connectivity index (χ3n) is 3.54. The minimum Gasteiger partial charge on any atom is -0.387 e. The molecule has 0 aromatic heterocycles. The monoisotopic (exact) mass is 289 g/mol. The van der Waals surface area contributed by atoms with Crippen LogP contribution in [0, 0.1) is 6.92 Å². The summed E-state index contributed by atoms with van der Waals surface area (Å²) in [5.74, 6) is 0. The van der Waals surface area contributed by atoms with Gasteiger partial charge in [-0.25, -0.2) is 0 Å². The highest BCUT2D eigenvalue weighted by Crippen LogP contribution is 2.23. The first kappa shape index (κ1) is 15.0. The van der Waals surface area contributed by atoms with Gasteiger partial charge in [0, 0.05) is 23.2 Å². The molecule has 2 unspecified atom stereocenters. The largest absolute Gasteiger partial charge is 0.387 e. The third-order valence-corrected chi connectivity index (χ3v) is 3.88. The normalized spacial score (nSPS) is 14.0. The smallest absolute Gasteiger partial charge is 0.0928 e. The van der Waals surface area contributed by atoms with Gasteiger partial charge in [-0.2, -0.15) is 0 Å². The topological polar surface area (TPSA) is 32.3 Å². The van der Waals surface area contributed by atoms with Gasteiger partial charge in [-0.3, -0.25) is 0 Å². The molecule has 2 rings (SSSR count). The van der Waals surface area contributed by atoms with Crippen LogP contribution in [0.3, 0.4) is 0 Å². The second kappa shape index (κ2) is 6.89. The number of aliphatic hydroxyl groups is 1. The van der Waals surface area contributed by atoms with Gasteiger partial charge in [-0.05, 0) is 31.0 Å². The van der Waals surface area contributed by atoms with E-state index in [2.05, 4.69) is 31.3 Å². The summed E-state index contributed by atoms with van der Waals surface area (Å²) in [6, 6.07) is 15.9. The first-order chi connectivity index (χ1) is 9.59. The molecule has 0 aliphatic carbocycles. The maximum absolute atomic E-state index is 10.2. The highest BCUT2D eigenvalue weighted by atomic mass is 35.5. The molecular formula is C17H20ClNO. The molecule has 2 atom stereocenters. The van der Waals surface area contributed by atoms with Crippen LogP contribution in [-0.4, -0.2) is 11.7 Å². The zero-order valence-corrected chi connectivity index (χ0v) is 12.6. The molecule has 2 nitrogen and oxygen atoms in total. The molecule has 0 aliphatic heterocycles. The Morgan fingerprint density at radius 3 is 2.30 bits per heavy atom. The molecule has 20 heavy (non-hydrogen) atoms. The van der Waals surface area contributed by atoms with Gasteiger partial charge in [0.25, 0.3) is 0 Å². The van der Waals surface area contributed by atoms with Crippen LogP contribution in [0.15, 0.2) is 48.5 Å². The van der Waals surface area contributed by atoms with Crippen LogP contribution in [0.4, 0.5) is 0 Å². The highest BCUT2D eigenvalue weighted by molar-refractivity contribution is 6.31. The standard InChI is InChI=1S/C17H20ClNO/c1-12-7-3-4-8-14(12)13(2)19-11-17(20)15-9-5-6-10-16(15)18/h3-10,13,17,19-20H,11H2,1-2H3. The predicted molar refractivity (Wildman–Crippen MR) is 84.0 cm³/mol. The number of aliphatic hydroxyl groups excluding tert-OH is 1.